The van der Waals surface area contributed by atoms with Gasteiger partial charge in [0.25, 0.3) is 0 Å². The van der Waals surface area contributed by atoms with Gasteiger partial charge in [0.2, 0.25) is 5.91 Å². The largest absolute Gasteiger partial charge is 0.496 e. The fourth-order valence-corrected chi connectivity index (χ4v) is 3.84. The molecule has 0 radical (unpaired) electrons. The third-order valence-electron chi connectivity index (χ3n) is 4.96. The number of nitrogens with zero attached hydrogens (tertiary/aromatic N) is 1. The van der Waals surface area contributed by atoms with Crippen LogP contribution in [0.3, 0.4) is 0 Å². The quantitative estimate of drug-likeness (QED) is 0.813. The second kappa shape index (κ2) is 7.12. The number of anilines is 2. The number of nitrogens with one attached hydrogen (secondary N) is 1. The van der Waals surface area contributed by atoms with Gasteiger partial charge in [-0.25, -0.2) is 4.79 Å². The van der Waals surface area contributed by atoms with E-state index >= 15 is 0 Å². The van der Waals surface area contributed by atoms with Crippen LogP contribution in [0.1, 0.15) is 28.8 Å². The second-order valence-electron chi connectivity index (χ2n) is 6.60. The Labute approximate surface area is 162 Å². The number of hydrogen-bond acceptors (Lipinski definition) is 5. The number of hydrogen-bond donors (Lipinski definition) is 1. The molecule has 2 aromatic carbocycles. The van der Waals surface area contributed by atoms with Crippen molar-refractivity contribution in [2.45, 2.75) is 25.5 Å². The first-order chi connectivity index (χ1) is 13.1. The highest BCUT2D eigenvalue weighted by Crippen LogP contribution is 2.37. The molecule has 6 nitrogen and oxygen atoms in total. The molecule has 140 valence electrons. The van der Waals surface area contributed by atoms with Crippen molar-refractivity contribution >= 4 is 34.9 Å². The molecule has 1 atom stereocenters. The maximum Gasteiger partial charge on any atom is 0.338 e. The van der Waals surface area contributed by atoms with E-state index in [1.165, 1.54) is 0 Å². The Morgan fingerprint density at radius 1 is 1.30 bits per heavy atom. The minimum absolute atomic E-state index is 0.0193. The van der Waals surface area contributed by atoms with Gasteiger partial charge in [0, 0.05) is 17.1 Å². The Bertz CT molecular complexity index is 915. The summed E-state index contributed by atoms with van der Waals surface area (Å²) in [6.45, 7) is 0.893. The number of amides is 1. The molecule has 0 aromatic heterocycles. The first kappa shape index (κ1) is 17.7. The van der Waals surface area contributed by atoms with Crippen LogP contribution in [0.15, 0.2) is 36.4 Å². The predicted octanol–water partition coefficient (Wildman–Crippen LogP) is 3.63. The van der Waals surface area contributed by atoms with Crippen molar-refractivity contribution in [3.63, 3.8) is 0 Å². The second-order valence-corrected chi connectivity index (χ2v) is 7.04. The van der Waals surface area contributed by atoms with E-state index in [9.17, 15) is 9.59 Å². The monoisotopic (exact) mass is 386 g/mol. The first-order valence-corrected chi connectivity index (χ1v) is 9.15. The molecule has 0 aliphatic carbocycles. The number of methoxy groups -OCH3 is 1. The molecule has 1 N–H and O–H groups in total. The molecule has 1 fully saturated rings. The average Bonchev–Trinajstić information content (AvgIpc) is 3.16. The number of carbonyl (C=O) groups excluding carboxylic acids is 2. The van der Waals surface area contributed by atoms with E-state index in [-0.39, 0.29) is 18.6 Å². The van der Waals surface area contributed by atoms with E-state index in [0.29, 0.717) is 27.6 Å². The maximum atomic E-state index is 12.5. The zero-order valence-electron chi connectivity index (χ0n) is 14.8. The van der Waals surface area contributed by atoms with Gasteiger partial charge in [-0.2, -0.15) is 0 Å². The number of esters is 1. The molecule has 2 aliphatic heterocycles. The van der Waals surface area contributed by atoms with Crippen LogP contribution in [0.4, 0.5) is 11.4 Å². The Balaban J connectivity index is 1.51. The number of carbonyl (C=O) groups is 2. The number of halogens is 1. The predicted molar refractivity (Wildman–Crippen MR) is 103 cm³/mol. The van der Waals surface area contributed by atoms with Gasteiger partial charge in [0.1, 0.15) is 18.4 Å². The number of benzene rings is 2. The topological polar surface area (TPSA) is 67.9 Å². The van der Waals surface area contributed by atoms with E-state index in [0.717, 1.165) is 25.1 Å². The smallest absolute Gasteiger partial charge is 0.338 e. The Morgan fingerprint density at radius 3 is 2.96 bits per heavy atom. The number of ether oxygens (including phenoxy) is 2. The molecule has 2 aliphatic rings. The van der Waals surface area contributed by atoms with Gasteiger partial charge in [0.15, 0.2) is 0 Å². The van der Waals surface area contributed by atoms with Crippen LogP contribution in [-0.4, -0.2) is 31.6 Å². The zero-order valence-corrected chi connectivity index (χ0v) is 15.6. The van der Waals surface area contributed by atoms with Crippen LogP contribution in [0.2, 0.25) is 5.02 Å². The molecule has 2 heterocycles. The molecule has 0 spiro atoms. The molecule has 0 unspecified atom stereocenters. The Kier molecular flexibility index (Phi) is 4.66. The molecular formula is C20H19ClN2O4. The molecule has 1 saturated heterocycles. The number of rotatable bonds is 4. The van der Waals surface area contributed by atoms with Gasteiger partial charge in [-0.3, -0.25) is 4.79 Å². The summed E-state index contributed by atoms with van der Waals surface area (Å²) in [6, 6.07) is 10.3. The fraction of sp³-hybridized carbons (Fsp3) is 0.300. The summed E-state index contributed by atoms with van der Waals surface area (Å²) in [6.07, 6.45) is 1.85. The molecule has 7 heteroatoms. The lowest BCUT2D eigenvalue weighted by Gasteiger charge is -2.33. The van der Waals surface area contributed by atoms with Crippen LogP contribution in [-0.2, 0) is 16.1 Å². The molecule has 27 heavy (non-hydrogen) atoms. The highest BCUT2D eigenvalue weighted by Gasteiger charge is 2.36. The van der Waals surface area contributed by atoms with Crippen molar-refractivity contribution in [3.8, 4) is 5.75 Å². The minimum Gasteiger partial charge on any atom is -0.496 e. The van der Waals surface area contributed by atoms with Crippen LogP contribution >= 0.6 is 11.6 Å². The van der Waals surface area contributed by atoms with Crippen molar-refractivity contribution < 1.29 is 19.1 Å². The lowest BCUT2D eigenvalue weighted by molar-refractivity contribution is -0.117. The lowest BCUT2D eigenvalue weighted by Crippen LogP contribution is -2.43. The minimum atomic E-state index is -0.474. The molecule has 0 bridgehead atoms. The van der Waals surface area contributed by atoms with Gasteiger partial charge >= 0.3 is 5.97 Å². The summed E-state index contributed by atoms with van der Waals surface area (Å²) in [5.41, 5.74) is 2.66. The lowest BCUT2D eigenvalue weighted by atomic mass is 10.1. The average molecular weight is 387 g/mol. The van der Waals surface area contributed by atoms with Gasteiger partial charge in [-0.15, -0.1) is 0 Å². The van der Waals surface area contributed by atoms with Crippen molar-refractivity contribution in [3.05, 3.63) is 52.5 Å². The first-order valence-electron chi connectivity index (χ1n) is 8.78. The van der Waals surface area contributed by atoms with Gasteiger partial charge in [-0.1, -0.05) is 11.6 Å². The third kappa shape index (κ3) is 3.32. The van der Waals surface area contributed by atoms with Crippen LogP contribution in [0.5, 0.6) is 5.75 Å². The van der Waals surface area contributed by atoms with Crippen molar-refractivity contribution in [1.29, 1.82) is 0 Å². The van der Waals surface area contributed by atoms with Crippen LogP contribution in [0, 0.1) is 0 Å². The summed E-state index contributed by atoms with van der Waals surface area (Å²) in [4.78, 5) is 26.8. The molecule has 1 amide bonds. The van der Waals surface area contributed by atoms with E-state index < -0.39 is 5.97 Å². The molecule has 0 saturated carbocycles. The summed E-state index contributed by atoms with van der Waals surface area (Å²) in [5, 5.41) is 3.44. The standard InChI is InChI=1S/C20H19ClN2O4/c1-26-18-7-5-14(21)9-13(18)11-27-20(25)12-4-6-16-15(10-12)22-19(24)17-3-2-8-23(16)17/h4-7,9-10,17H,2-3,8,11H2,1H3,(H,22,24)/t17-/m0/s1. The van der Waals surface area contributed by atoms with Crippen LogP contribution in [0.25, 0.3) is 0 Å². The van der Waals surface area contributed by atoms with Gasteiger partial charge < -0.3 is 19.7 Å². The molecular weight excluding hydrogens is 368 g/mol. The Morgan fingerprint density at radius 2 is 2.15 bits per heavy atom. The summed E-state index contributed by atoms with van der Waals surface area (Å²) >= 11 is 6.00. The van der Waals surface area contributed by atoms with Crippen LogP contribution < -0.4 is 15.0 Å². The Hall–Kier alpha value is -2.73. The van der Waals surface area contributed by atoms with E-state index in [4.69, 9.17) is 21.1 Å². The highest BCUT2D eigenvalue weighted by molar-refractivity contribution is 6.30. The van der Waals surface area contributed by atoms with E-state index in [2.05, 4.69) is 10.2 Å². The summed E-state index contributed by atoms with van der Waals surface area (Å²) < 4.78 is 10.7. The molecule has 2 aromatic rings. The van der Waals surface area contributed by atoms with Crippen molar-refractivity contribution in [2.24, 2.45) is 0 Å². The normalized spacial score (nSPS) is 17.8. The zero-order chi connectivity index (χ0) is 19.0. The van der Waals surface area contributed by atoms with Crippen molar-refractivity contribution in [1.82, 2.24) is 0 Å². The van der Waals surface area contributed by atoms with Gasteiger partial charge in [0.05, 0.1) is 24.0 Å². The highest BCUT2D eigenvalue weighted by atomic mass is 35.5. The third-order valence-corrected chi connectivity index (χ3v) is 5.19. The van der Waals surface area contributed by atoms with E-state index in [1.54, 1.807) is 37.4 Å². The van der Waals surface area contributed by atoms with Crippen molar-refractivity contribution in [2.75, 3.05) is 23.9 Å². The molecule has 4 rings (SSSR count). The fourth-order valence-electron chi connectivity index (χ4n) is 3.64. The SMILES string of the molecule is COc1ccc(Cl)cc1COC(=O)c1ccc2c(c1)NC(=O)[C@@H]1CCCN21. The van der Waals surface area contributed by atoms with E-state index in [1.807, 2.05) is 6.07 Å². The number of fused-ring (bicyclic) bond motifs is 3. The summed E-state index contributed by atoms with van der Waals surface area (Å²) in [7, 11) is 1.55. The maximum absolute atomic E-state index is 12.5. The van der Waals surface area contributed by atoms with Gasteiger partial charge in [-0.05, 0) is 49.2 Å². The summed E-state index contributed by atoms with van der Waals surface area (Å²) in [5.74, 6) is 0.108.